The van der Waals surface area contributed by atoms with Gasteiger partial charge in [-0.15, -0.1) is 0 Å². The summed E-state index contributed by atoms with van der Waals surface area (Å²) in [6.07, 6.45) is 0.752. The van der Waals surface area contributed by atoms with Gasteiger partial charge in [0.05, 0.1) is 10.6 Å². The monoisotopic (exact) mass is 408 g/mol. The Morgan fingerprint density at radius 3 is 2.17 bits per heavy atom. The van der Waals surface area contributed by atoms with E-state index in [2.05, 4.69) is 5.32 Å². The molecule has 0 unspecified atom stereocenters. The Morgan fingerprint density at radius 1 is 0.931 bits per heavy atom. The van der Waals surface area contributed by atoms with E-state index in [4.69, 9.17) is 0 Å². The molecule has 3 rings (SSSR count). The fraction of sp³-hybridized carbons (Fsp3) is 0.174. The summed E-state index contributed by atoms with van der Waals surface area (Å²) < 4.78 is 26.9. The van der Waals surface area contributed by atoms with E-state index in [1.54, 1.807) is 55.5 Å². The minimum atomic E-state index is -3.66. The van der Waals surface area contributed by atoms with Crippen LogP contribution in [0.5, 0.6) is 0 Å². The first-order chi connectivity index (χ1) is 13.9. The molecule has 1 amide bonds. The number of hydrogen-bond acceptors (Lipinski definition) is 3. The second kappa shape index (κ2) is 8.92. The second-order valence-corrected chi connectivity index (χ2v) is 8.75. The summed E-state index contributed by atoms with van der Waals surface area (Å²) in [4.78, 5) is 12.7. The van der Waals surface area contributed by atoms with E-state index in [-0.39, 0.29) is 10.8 Å². The molecule has 0 aliphatic carbocycles. The maximum absolute atomic E-state index is 12.8. The first kappa shape index (κ1) is 20.6. The number of hydrogen-bond donors (Lipinski definition) is 1. The molecule has 0 aliphatic heterocycles. The highest BCUT2D eigenvalue weighted by Crippen LogP contribution is 2.26. The number of benzene rings is 3. The molecule has 0 fully saturated rings. The van der Waals surface area contributed by atoms with E-state index in [0.717, 1.165) is 12.0 Å². The standard InChI is InChI=1S/C23H24N2O3S/c1-18-17-20(23(26)24-16-15-19-9-5-3-6-10-19)13-14-22(18)25(2)29(27,28)21-11-7-4-8-12-21/h3-14,17H,15-16H2,1-2H3,(H,24,26). The summed E-state index contributed by atoms with van der Waals surface area (Å²) >= 11 is 0. The summed E-state index contributed by atoms with van der Waals surface area (Å²) in [5, 5.41) is 2.91. The molecule has 0 atom stereocenters. The minimum Gasteiger partial charge on any atom is -0.352 e. The summed E-state index contributed by atoms with van der Waals surface area (Å²) in [5.41, 5.74) is 2.91. The average molecular weight is 409 g/mol. The van der Waals surface area contributed by atoms with Gasteiger partial charge in [0.2, 0.25) is 0 Å². The van der Waals surface area contributed by atoms with Crippen LogP contribution in [0.4, 0.5) is 5.69 Å². The van der Waals surface area contributed by atoms with Crippen molar-refractivity contribution < 1.29 is 13.2 Å². The van der Waals surface area contributed by atoms with Crippen molar-refractivity contribution in [3.05, 3.63) is 95.6 Å². The topological polar surface area (TPSA) is 66.5 Å². The third-order valence-electron chi connectivity index (χ3n) is 4.74. The second-order valence-electron chi connectivity index (χ2n) is 6.78. The van der Waals surface area contributed by atoms with Gasteiger partial charge in [-0.25, -0.2) is 8.42 Å². The van der Waals surface area contributed by atoms with Gasteiger partial charge in [-0.05, 0) is 54.8 Å². The van der Waals surface area contributed by atoms with Crippen LogP contribution in [0.3, 0.4) is 0 Å². The lowest BCUT2D eigenvalue weighted by molar-refractivity contribution is 0.0954. The summed E-state index contributed by atoms with van der Waals surface area (Å²) in [6, 6.07) is 23.3. The molecule has 3 aromatic rings. The van der Waals surface area contributed by atoms with Crippen LogP contribution in [-0.4, -0.2) is 27.9 Å². The van der Waals surface area contributed by atoms with Crippen molar-refractivity contribution in [2.45, 2.75) is 18.2 Å². The van der Waals surface area contributed by atoms with E-state index in [1.165, 1.54) is 11.4 Å². The highest BCUT2D eigenvalue weighted by Gasteiger charge is 2.22. The van der Waals surface area contributed by atoms with E-state index in [0.29, 0.717) is 23.4 Å². The lowest BCUT2D eigenvalue weighted by Gasteiger charge is -2.22. The molecule has 0 saturated heterocycles. The fourth-order valence-corrected chi connectivity index (χ4v) is 4.38. The van der Waals surface area contributed by atoms with Gasteiger partial charge in [0.1, 0.15) is 0 Å². The molecule has 3 aromatic carbocycles. The maximum atomic E-state index is 12.8. The van der Waals surface area contributed by atoms with Crippen LogP contribution in [0, 0.1) is 6.92 Å². The molecule has 150 valence electrons. The first-order valence-electron chi connectivity index (χ1n) is 9.36. The Balaban J connectivity index is 1.70. The first-order valence-corrected chi connectivity index (χ1v) is 10.8. The van der Waals surface area contributed by atoms with Gasteiger partial charge < -0.3 is 5.32 Å². The predicted octanol–water partition coefficient (Wildman–Crippen LogP) is 3.79. The number of nitrogens with one attached hydrogen (secondary N) is 1. The van der Waals surface area contributed by atoms with Gasteiger partial charge >= 0.3 is 0 Å². The Morgan fingerprint density at radius 2 is 1.55 bits per heavy atom. The molecule has 0 saturated carbocycles. The number of amides is 1. The zero-order valence-electron chi connectivity index (χ0n) is 16.5. The molecule has 6 heteroatoms. The average Bonchev–Trinajstić information content (AvgIpc) is 2.74. The molecule has 29 heavy (non-hydrogen) atoms. The predicted molar refractivity (Wildman–Crippen MR) is 116 cm³/mol. The van der Waals surface area contributed by atoms with E-state index < -0.39 is 10.0 Å². The van der Waals surface area contributed by atoms with Crippen molar-refractivity contribution in [2.75, 3.05) is 17.9 Å². The molecular weight excluding hydrogens is 384 g/mol. The van der Waals surface area contributed by atoms with Gasteiger partial charge in [0, 0.05) is 19.2 Å². The Labute approximate surface area is 172 Å². The molecule has 0 bridgehead atoms. The molecule has 1 N–H and O–H groups in total. The Hall–Kier alpha value is -3.12. The summed E-state index contributed by atoms with van der Waals surface area (Å²) in [7, 11) is -2.14. The number of anilines is 1. The van der Waals surface area contributed by atoms with Gasteiger partial charge in [-0.2, -0.15) is 0 Å². The van der Waals surface area contributed by atoms with Crippen molar-refractivity contribution >= 4 is 21.6 Å². The number of nitrogens with zero attached hydrogens (tertiary/aromatic N) is 1. The van der Waals surface area contributed by atoms with Gasteiger partial charge in [0.15, 0.2) is 0 Å². The van der Waals surface area contributed by atoms with Crippen molar-refractivity contribution in [1.82, 2.24) is 5.32 Å². The van der Waals surface area contributed by atoms with E-state index >= 15 is 0 Å². The molecule has 0 aliphatic rings. The molecule has 0 radical (unpaired) electrons. The maximum Gasteiger partial charge on any atom is 0.264 e. The highest BCUT2D eigenvalue weighted by atomic mass is 32.2. The number of rotatable bonds is 7. The van der Waals surface area contributed by atoms with Crippen LogP contribution in [0.1, 0.15) is 21.5 Å². The normalized spacial score (nSPS) is 11.1. The van der Waals surface area contributed by atoms with Crippen molar-refractivity contribution in [1.29, 1.82) is 0 Å². The third-order valence-corrected chi connectivity index (χ3v) is 6.53. The molecule has 5 nitrogen and oxygen atoms in total. The summed E-state index contributed by atoms with van der Waals surface area (Å²) in [6.45, 7) is 2.33. The smallest absolute Gasteiger partial charge is 0.264 e. The SMILES string of the molecule is Cc1cc(C(=O)NCCc2ccccc2)ccc1N(C)S(=O)(=O)c1ccccc1. The van der Waals surface area contributed by atoms with Crippen molar-refractivity contribution in [3.63, 3.8) is 0 Å². The Bertz CT molecular complexity index is 1080. The minimum absolute atomic E-state index is 0.177. The zero-order chi connectivity index (χ0) is 20.9. The molecule has 0 aromatic heterocycles. The van der Waals surface area contributed by atoms with Gasteiger partial charge in [-0.3, -0.25) is 9.10 Å². The number of carbonyl (C=O) groups excluding carboxylic acids is 1. The number of carbonyl (C=O) groups is 1. The van der Waals surface area contributed by atoms with E-state index in [9.17, 15) is 13.2 Å². The third kappa shape index (κ3) is 4.84. The molecule has 0 spiro atoms. The van der Waals surface area contributed by atoms with Crippen molar-refractivity contribution in [2.24, 2.45) is 0 Å². The fourth-order valence-electron chi connectivity index (χ4n) is 3.10. The van der Waals surface area contributed by atoms with Crippen LogP contribution in [-0.2, 0) is 16.4 Å². The van der Waals surface area contributed by atoms with Crippen molar-refractivity contribution in [3.8, 4) is 0 Å². The number of aryl methyl sites for hydroxylation is 1. The Kier molecular flexibility index (Phi) is 6.34. The molecular formula is C23H24N2O3S. The van der Waals surface area contributed by atoms with Crippen LogP contribution in [0.2, 0.25) is 0 Å². The summed E-state index contributed by atoms with van der Waals surface area (Å²) in [5.74, 6) is -0.177. The van der Waals surface area contributed by atoms with Crippen LogP contribution >= 0.6 is 0 Å². The van der Waals surface area contributed by atoms with Gasteiger partial charge in [-0.1, -0.05) is 48.5 Å². The number of sulfonamides is 1. The lowest BCUT2D eigenvalue weighted by Crippen LogP contribution is -2.28. The van der Waals surface area contributed by atoms with Crippen LogP contribution in [0.15, 0.2) is 83.8 Å². The molecule has 0 heterocycles. The van der Waals surface area contributed by atoms with E-state index in [1.807, 2.05) is 30.3 Å². The van der Waals surface area contributed by atoms with Crippen LogP contribution < -0.4 is 9.62 Å². The quantitative estimate of drug-likeness (QED) is 0.647. The van der Waals surface area contributed by atoms with Gasteiger partial charge in [0.25, 0.3) is 15.9 Å². The zero-order valence-corrected chi connectivity index (χ0v) is 17.3. The lowest BCUT2D eigenvalue weighted by atomic mass is 10.1. The largest absolute Gasteiger partial charge is 0.352 e. The van der Waals surface area contributed by atoms with Crippen LogP contribution in [0.25, 0.3) is 0 Å². The highest BCUT2D eigenvalue weighted by molar-refractivity contribution is 7.92.